The Hall–Kier alpha value is -3.10. The van der Waals surface area contributed by atoms with Crippen molar-refractivity contribution in [2.75, 3.05) is 57.8 Å². The van der Waals surface area contributed by atoms with Crippen LogP contribution in [0, 0.1) is 0 Å². The van der Waals surface area contributed by atoms with Crippen molar-refractivity contribution < 1.29 is 4.79 Å². The fourth-order valence-corrected chi connectivity index (χ4v) is 5.64. The number of nitrogens with one attached hydrogen (secondary N) is 1. The molecule has 0 radical (unpaired) electrons. The normalized spacial score (nSPS) is 19.7. The van der Waals surface area contributed by atoms with Gasteiger partial charge in [0.1, 0.15) is 11.8 Å². The number of benzene rings is 1. The number of hydrogen-bond donors (Lipinski definition) is 1. The average molecular weight is 472 g/mol. The summed E-state index contributed by atoms with van der Waals surface area (Å²) in [6, 6.07) is 8.36. The Kier molecular flexibility index (Phi) is 6.08. The van der Waals surface area contributed by atoms with Crippen LogP contribution in [0.25, 0.3) is 11.0 Å². The lowest BCUT2D eigenvalue weighted by atomic mass is 9.91. The molecule has 35 heavy (non-hydrogen) atoms. The van der Waals surface area contributed by atoms with Gasteiger partial charge in [0.2, 0.25) is 0 Å². The number of piperazine rings is 1. The van der Waals surface area contributed by atoms with E-state index in [9.17, 15) is 4.79 Å². The third kappa shape index (κ3) is 4.48. The van der Waals surface area contributed by atoms with Crippen LogP contribution in [-0.2, 0) is 13.0 Å². The molecule has 0 bridgehead atoms. The predicted octanol–water partition coefficient (Wildman–Crippen LogP) is 2.44. The third-order valence-electron chi connectivity index (χ3n) is 7.87. The summed E-state index contributed by atoms with van der Waals surface area (Å²) in [7, 11) is 2.17. The number of rotatable bonds is 3. The van der Waals surface area contributed by atoms with Gasteiger partial charge >= 0.3 is 0 Å². The van der Waals surface area contributed by atoms with E-state index in [0.29, 0.717) is 5.92 Å². The smallest absolute Gasteiger partial charge is 0.253 e. The Morgan fingerprint density at radius 1 is 0.971 bits per heavy atom. The topological polar surface area (TPSA) is 77.5 Å². The maximum Gasteiger partial charge on any atom is 0.253 e. The highest BCUT2D eigenvalue weighted by Gasteiger charge is 2.28. The Labute approximate surface area is 206 Å². The van der Waals surface area contributed by atoms with Crippen LogP contribution in [0.5, 0.6) is 0 Å². The van der Waals surface area contributed by atoms with Crippen LogP contribution < -0.4 is 10.2 Å². The Balaban J connectivity index is 1.15. The number of carbonyl (C=O) groups is 1. The minimum Gasteiger partial charge on any atom is -0.368 e. The van der Waals surface area contributed by atoms with Gasteiger partial charge in [-0.1, -0.05) is 6.07 Å². The zero-order valence-corrected chi connectivity index (χ0v) is 20.4. The molecule has 5 heterocycles. The number of likely N-dealkylation sites (tertiary alicyclic amines) is 1. The maximum absolute atomic E-state index is 13.2. The van der Waals surface area contributed by atoms with E-state index in [0.717, 1.165) is 99.6 Å². The third-order valence-corrected chi connectivity index (χ3v) is 7.87. The van der Waals surface area contributed by atoms with Crippen molar-refractivity contribution in [1.82, 2.24) is 30.1 Å². The van der Waals surface area contributed by atoms with Crippen molar-refractivity contribution in [1.29, 1.82) is 0 Å². The number of carbonyl (C=O) groups excluding carboxylic acids is 1. The molecule has 0 spiro atoms. The first-order chi connectivity index (χ1) is 17.2. The highest BCUT2D eigenvalue weighted by molar-refractivity contribution is 5.94. The fraction of sp³-hybridized carbons (Fsp3) is 0.481. The molecule has 2 fully saturated rings. The lowest BCUT2D eigenvalue weighted by Gasteiger charge is -2.34. The lowest BCUT2D eigenvalue weighted by molar-refractivity contribution is 0.0712. The second-order valence-corrected chi connectivity index (χ2v) is 10.1. The van der Waals surface area contributed by atoms with Gasteiger partial charge in [0.25, 0.3) is 5.91 Å². The SMILES string of the molecule is CN1CCN(c2cnc3c(C4CCN(C(=O)c5ccc6c(c5)CNCC6)CC4)ncnc3c2)CC1. The van der Waals surface area contributed by atoms with Gasteiger partial charge in [0, 0.05) is 57.3 Å². The Morgan fingerprint density at radius 3 is 2.63 bits per heavy atom. The van der Waals surface area contributed by atoms with E-state index < -0.39 is 0 Å². The Morgan fingerprint density at radius 2 is 1.80 bits per heavy atom. The monoisotopic (exact) mass is 471 g/mol. The van der Waals surface area contributed by atoms with Gasteiger partial charge in [-0.2, -0.15) is 0 Å². The first kappa shape index (κ1) is 22.4. The van der Waals surface area contributed by atoms with Crippen molar-refractivity contribution in [2.45, 2.75) is 31.7 Å². The quantitative estimate of drug-likeness (QED) is 0.629. The van der Waals surface area contributed by atoms with E-state index in [1.54, 1.807) is 6.33 Å². The summed E-state index contributed by atoms with van der Waals surface area (Å²) in [6.45, 7) is 7.48. The minimum atomic E-state index is 0.138. The van der Waals surface area contributed by atoms with Crippen LogP contribution in [0.3, 0.4) is 0 Å². The molecule has 0 atom stereocenters. The van der Waals surface area contributed by atoms with Crippen LogP contribution in [-0.4, -0.2) is 83.5 Å². The average Bonchev–Trinajstić information content (AvgIpc) is 2.92. The zero-order chi connectivity index (χ0) is 23.8. The van der Waals surface area contributed by atoms with E-state index >= 15 is 0 Å². The maximum atomic E-state index is 13.2. The van der Waals surface area contributed by atoms with Gasteiger partial charge in [0.05, 0.1) is 23.1 Å². The molecule has 3 aromatic rings. The number of likely N-dealkylation sites (N-methyl/N-ethyl adjacent to an activating group) is 1. The van der Waals surface area contributed by atoms with Crippen molar-refractivity contribution in [3.8, 4) is 0 Å². The van der Waals surface area contributed by atoms with Gasteiger partial charge in [-0.05, 0) is 62.2 Å². The summed E-state index contributed by atoms with van der Waals surface area (Å²) in [6.07, 6.45) is 6.47. The van der Waals surface area contributed by atoms with Crippen LogP contribution in [0.1, 0.15) is 45.9 Å². The molecule has 6 rings (SSSR count). The standard InChI is InChI=1S/C27H33N7O/c1-32-10-12-33(13-11-32)23-15-24-26(29-17-23)25(31-18-30-24)20-5-8-34(9-6-20)27(35)21-3-2-19-4-7-28-16-22(19)14-21/h2-3,14-15,17-18,20,28H,4-13,16H2,1H3. The van der Waals surface area contributed by atoms with Crippen LogP contribution in [0.15, 0.2) is 36.8 Å². The summed E-state index contributed by atoms with van der Waals surface area (Å²) in [4.78, 5) is 34.0. The van der Waals surface area contributed by atoms with E-state index in [-0.39, 0.29) is 5.91 Å². The highest BCUT2D eigenvalue weighted by Crippen LogP contribution is 2.32. The molecule has 2 saturated heterocycles. The summed E-state index contributed by atoms with van der Waals surface area (Å²) in [5.74, 6) is 0.429. The van der Waals surface area contributed by atoms with E-state index in [2.05, 4.69) is 50.3 Å². The summed E-state index contributed by atoms with van der Waals surface area (Å²) in [5.41, 5.74) is 7.38. The number of piperidine rings is 1. The fourth-order valence-electron chi connectivity index (χ4n) is 5.64. The molecule has 1 N–H and O–H groups in total. The Bertz CT molecular complexity index is 1230. The van der Waals surface area contributed by atoms with Crippen molar-refractivity contribution in [2.24, 2.45) is 0 Å². The molecule has 1 amide bonds. The summed E-state index contributed by atoms with van der Waals surface area (Å²) in [5, 5.41) is 3.40. The molecule has 8 nitrogen and oxygen atoms in total. The molecular formula is C27H33N7O. The highest BCUT2D eigenvalue weighted by atomic mass is 16.2. The molecule has 2 aromatic heterocycles. The van der Waals surface area contributed by atoms with Gasteiger partial charge < -0.3 is 20.0 Å². The van der Waals surface area contributed by atoms with Crippen molar-refractivity contribution in [3.63, 3.8) is 0 Å². The first-order valence-corrected chi connectivity index (χ1v) is 12.8. The number of nitrogens with zero attached hydrogens (tertiary/aromatic N) is 6. The number of fused-ring (bicyclic) bond motifs is 2. The lowest BCUT2D eigenvalue weighted by Crippen LogP contribution is -2.44. The van der Waals surface area contributed by atoms with Crippen molar-refractivity contribution in [3.05, 3.63) is 59.2 Å². The van der Waals surface area contributed by atoms with Gasteiger partial charge in [-0.25, -0.2) is 9.97 Å². The largest absolute Gasteiger partial charge is 0.368 e. The number of hydrogen-bond acceptors (Lipinski definition) is 7. The molecule has 8 heteroatoms. The molecular weight excluding hydrogens is 438 g/mol. The zero-order valence-electron chi connectivity index (χ0n) is 20.4. The van der Waals surface area contributed by atoms with Crippen LogP contribution in [0.4, 0.5) is 5.69 Å². The second kappa shape index (κ2) is 9.51. The van der Waals surface area contributed by atoms with E-state index in [4.69, 9.17) is 4.98 Å². The molecule has 3 aliphatic heterocycles. The molecule has 0 aliphatic carbocycles. The number of amides is 1. The number of aromatic nitrogens is 3. The summed E-state index contributed by atoms with van der Waals surface area (Å²) < 4.78 is 0. The van der Waals surface area contributed by atoms with E-state index in [1.165, 1.54) is 11.1 Å². The minimum absolute atomic E-state index is 0.138. The molecule has 3 aliphatic rings. The number of pyridine rings is 1. The van der Waals surface area contributed by atoms with Crippen LogP contribution >= 0.6 is 0 Å². The van der Waals surface area contributed by atoms with Crippen LogP contribution in [0.2, 0.25) is 0 Å². The predicted molar refractivity (Wildman–Crippen MR) is 137 cm³/mol. The number of anilines is 1. The van der Waals surface area contributed by atoms with Gasteiger partial charge in [0.15, 0.2) is 0 Å². The molecule has 0 unspecified atom stereocenters. The van der Waals surface area contributed by atoms with Gasteiger partial charge in [-0.15, -0.1) is 0 Å². The molecule has 0 saturated carbocycles. The molecule has 1 aromatic carbocycles. The van der Waals surface area contributed by atoms with Crippen molar-refractivity contribution >= 4 is 22.6 Å². The van der Waals surface area contributed by atoms with Gasteiger partial charge in [-0.3, -0.25) is 9.78 Å². The van der Waals surface area contributed by atoms with E-state index in [1.807, 2.05) is 17.2 Å². The summed E-state index contributed by atoms with van der Waals surface area (Å²) >= 11 is 0. The first-order valence-electron chi connectivity index (χ1n) is 12.8. The molecule has 182 valence electrons. The second-order valence-electron chi connectivity index (χ2n) is 10.1.